The smallest absolute Gasteiger partial charge is 0.311 e. The lowest BCUT2D eigenvalue weighted by molar-refractivity contribution is -0.134. The zero-order valence-electron chi connectivity index (χ0n) is 13.7. The lowest BCUT2D eigenvalue weighted by Gasteiger charge is -2.08. The molecule has 0 spiro atoms. The van der Waals surface area contributed by atoms with Crippen LogP contribution in [0.25, 0.3) is 0 Å². The first-order chi connectivity index (χ1) is 9.99. The van der Waals surface area contributed by atoms with Gasteiger partial charge in [-0.25, -0.2) is 0 Å². The van der Waals surface area contributed by atoms with Crippen LogP contribution in [0.4, 0.5) is 0 Å². The maximum atomic E-state index is 11.7. The van der Waals surface area contributed by atoms with Crippen LogP contribution in [0, 0.1) is 0 Å². The fraction of sp³-hybridized carbons (Fsp3) is 0.611. The van der Waals surface area contributed by atoms with Gasteiger partial charge in [-0.15, -0.1) is 0 Å². The highest BCUT2D eigenvalue weighted by Gasteiger charge is 2.06. The maximum Gasteiger partial charge on any atom is 0.311 e. The van der Waals surface area contributed by atoms with Crippen LogP contribution in [-0.4, -0.2) is 18.7 Å². The van der Waals surface area contributed by atoms with Crippen molar-refractivity contribution >= 4 is 5.97 Å². The van der Waals surface area contributed by atoms with Crippen LogP contribution in [-0.2, 0) is 9.53 Å². The van der Waals surface area contributed by atoms with Gasteiger partial charge in [0.15, 0.2) is 0 Å². The molecule has 1 rings (SSSR count). The predicted octanol–water partition coefficient (Wildman–Crippen LogP) is 4.70. The van der Waals surface area contributed by atoms with Gasteiger partial charge in [-0.05, 0) is 50.3 Å². The molecule has 0 aliphatic rings. The first-order valence-corrected chi connectivity index (χ1v) is 7.91. The van der Waals surface area contributed by atoms with E-state index in [1.54, 1.807) is 0 Å². The quantitative estimate of drug-likeness (QED) is 0.376. The fourth-order valence-electron chi connectivity index (χ4n) is 1.97. The van der Waals surface area contributed by atoms with Crippen molar-refractivity contribution in [2.75, 3.05) is 6.61 Å². The molecule has 0 unspecified atom stereocenters. The molecule has 0 aliphatic carbocycles. The Balaban J connectivity index is 2.18. The zero-order chi connectivity index (χ0) is 15.7. The first-order valence-electron chi connectivity index (χ1n) is 7.91. The molecule has 0 fully saturated rings. The van der Waals surface area contributed by atoms with E-state index in [9.17, 15) is 4.79 Å². The van der Waals surface area contributed by atoms with Crippen molar-refractivity contribution in [3.63, 3.8) is 0 Å². The first kappa shape index (κ1) is 17.7. The third kappa shape index (κ3) is 7.86. The van der Waals surface area contributed by atoms with Crippen LogP contribution in [0.5, 0.6) is 5.75 Å². The molecule has 21 heavy (non-hydrogen) atoms. The minimum Gasteiger partial charge on any atom is -0.427 e. The minimum atomic E-state index is -0.155. The van der Waals surface area contributed by atoms with Crippen LogP contribution < -0.4 is 4.74 Å². The van der Waals surface area contributed by atoms with Gasteiger partial charge in [0.05, 0.1) is 6.10 Å². The molecule has 0 radical (unpaired) electrons. The molecule has 0 aromatic heterocycles. The molecule has 0 bridgehead atoms. The second-order valence-electron chi connectivity index (χ2n) is 5.93. The molecule has 118 valence electrons. The van der Waals surface area contributed by atoms with Gasteiger partial charge in [0.1, 0.15) is 5.75 Å². The Kier molecular flexibility index (Phi) is 8.06. The molecule has 0 amide bonds. The molecule has 0 saturated heterocycles. The van der Waals surface area contributed by atoms with Crippen LogP contribution in [0.2, 0.25) is 0 Å². The summed E-state index contributed by atoms with van der Waals surface area (Å²) in [5.41, 5.74) is 1.25. The highest BCUT2D eigenvalue weighted by molar-refractivity contribution is 5.72. The summed E-state index contributed by atoms with van der Waals surface area (Å²) in [6.45, 7) is 9.11. The van der Waals surface area contributed by atoms with Gasteiger partial charge in [0.2, 0.25) is 0 Å². The standard InChI is InChI=1S/C18H28O3/c1-14(2)16-9-11-17(12-10-16)21-18(19)8-6-5-7-13-20-15(3)4/h9-12,14-15H,5-8,13H2,1-4H3. The number of carbonyl (C=O) groups is 1. The van der Waals surface area contributed by atoms with Crippen LogP contribution in [0.15, 0.2) is 24.3 Å². The van der Waals surface area contributed by atoms with Crippen molar-refractivity contribution in [2.45, 2.75) is 65.4 Å². The number of hydrogen-bond acceptors (Lipinski definition) is 3. The number of hydrogen-bond donors (Lipinski definition) is 0. The van der Waals surface area contributed by atoms with Gasteiger partial charge in [-0.3, -0.25) is 4.79 Å². The van der Waals surface area contributed by atoms with E-state index in [1.165, 1.54) is 5.56 Å². The molecule has 1 aromatic rings. The van der Waals surface area contributed by atoms with Gasteiger partial charge in [-0.2, -0.15) is 0 Å². The van der Waals surface area contributed by atoms with Gasteiger partial charge in [0, 0.05) is 13.0 Å². The second kappa shape index (κ2) is 9.56. The van der Waals surface area contributed by atoms with Crippen molar-refractivity contribution in [1.82, 2.24) is 0 Å². The molecule has 3 heteroatoms. The van der Waals surface area contributed by atoms with E-state index in [0.717, 1.165) is 25.9 Å². The van der Waals surface area contributed by atoms with Crippen molar-refractivity contribution in [2.24, 2.45) is 0 Å². The van der Waals surface area contributed by atoms with Crippen molar-refractivity contribution in [3.05, 3.63) is 29.8 Å². The Labute approximate surface area is 128 Å². The molecule has 3 nitrogen and oxygen atoms in total. The maximum absolute atomic E-state index is 11.7. The lowest BCUT2D eigenvalue weighted by Crippen LogP contribution is -2.08. The van der Waals surface area contributed by atoms with E-state index in [1.807, 2.05) is 38.1 Å². The Hall–Kier alpha value is -1.35. The molecule has 0 atom stereocenters. The number of rotatable bonds is 9. The highest BCUT2D eigenvalue weighted by atomic mass is 16.5. The lowest BCUT2D eigenvalue weighted by atomic mass is 10.0. The third-order valence-corrected chi connectivity index (χ3v) is 3.25. The Morgan fingerprint density at radius 2 is 1.67 bits per heavy atom. The number of unbranched alkanes of at least 4 members (excludes halogenated alkanes) is 2. The molecular weight excluding hydrogens is 264 g/mol. The van der Waals surface area contributed by atoms with Crippen molar-refractivity contribution in [3.8, 4) is 5.75 Å². The fourth-order valence-corrected chi connectivity index (χ4v) is 1.97. The average molecular weight is 292 g/mol. The van der Waals surface area contributed by atoms with Gasteiger partial charge >= 0.3 is 5.97 Å². The predicted molar refractivity (Wildman–Crippen MR) is 85.7 cm³/mol. The van der Waals surface area contributed by atoms with E-state index < -0.39 is 0 Å². The Bertz CT molecular complexity index is 407. The van der Waals surface area contributed by atoms with E-state index >= 15 is 0 Å². The van der Waals surface area contributed by atoms with Gasteiger partial charge < -0.3 is 9.47 Å². The molecule has 1 aromatic carbocycles. The van der Waals surface area contributed by atoms with Crippen LogP contribution in [0.3, 0.4) is 0 Å². The van der Waals surface area contributed by atoms with Crippen molar-refractivity contribution in [1.29, 1.82) is 0 Å². The Morgan fingerprint density at radius 1 is 1.00 bits per heavy atom. The molecule has 0 N–H and O–H groups in total. The normalized spacial score (nSPS) is 11.1. The van der Waals surface area contributed by atoms with Gasteiger partial charge in [-0.1, -0.05) is 32.4 Å². The van der Waals surface area contributed by atoms with E-state index in [4.69, 9.17) is 9.47 Å². The van der Waals surface area contributed by atoms with E-state index in [-0.39, 0.29) is 12.1 Å². The third-order valence-electron chi connectivity index (χ3n) is 3.25. The molecule has 0 saturated carbocycles. The largest absolute Gasteiger partial charge is 0.427 e. The summed E-state index contributed by atoms with van der Waals surface area (Å²) in [6.07, 6.45) is 3.59. The summed E-state index contributed by atoms with van der Waals surface area (Å²) in [4.78, 5) is 11.7. The minimum absolute atomic E-state index is 0.155. The molecule has 0 aliphatic heterocycles. The average Bonchev–Trinajstić information content (AvgIpc) is 2.43. The topological polar surface area (TPSA) is 35.5 Å². The summed E-state index contributed by atoms with van der Waals surface area (Å²) in [5.74, 6) is 0.965. The SMILES string of the molecule is CC(C)OCCCCCC(=O)Oc1ccc(C(C)C)cc1. The monoisotopic (exact) mass is 292 g/mol. The van der Waals surface area contributed by atoms with E-state index in [0.29, 0.717) is 18.1 Å². The van der Waals surface area contributed by atoms with E-state index in [2.05, 4.69) is 13.8 Å². The Morgan fingerprint density at radius 3 is 2.24 bits per heavy atom. The summed E-state index contributed by atoms with van der Waals surface area (Å²) < 4.78 is 10.8. The second-order valence-corrected chi connectivity index (χ2v) is 5.93. The van der Waals surface area contributed by atoms with Crippen molar-refractivity contribution < 1.29 is 14.3 Å². The van der Waals surface area contributed by atoms with Crippen LogP contribution in [0.1, 0.15) is 64.9 Å². The zero-order valence-corrected chi connectivity index (χ0v) is 13.7. The van der Waals surface area contributed by atoms with Crippen LogP contribution >= 0.6 is 0 Å². The number of benzene rings is 1. The number of esters is 1. The number of ether oxygens (including phenoxy) is 2. The number of carbonyl (C=O) groups excluding carboxylic acids is 1. The summed E-state index contributed by atoms with van der Waals surface area (Å²) in [5, 5.41) is 0. The highest BCUT2D eigenvalue weighted by Crippen LogP contribution is 2.19. The molecular formula is C18H28O3. The summed E-state index contributed by atoms with van der Waals surface area (Å²) >= 11 is 0. The molecule has 0 heterocycles. The van der Waals surface area contributed by atoms with Gasteiger partial charge in [0.25, 0.3) is 0 Å². The summed E-state index contributed by atoms with van der Waals surface area (Å²) in [6, 6.07) is 7.75. The summed E-state index contributed by atoms with van der Waals surface area (Å²) in [7, 11) is 0.